The lowest BCUT2D eigenvalue weighted by Gasteiger charge is -2.11. The SMILES string of the molecule is COC(C)c1ccc2c(c1)ncn2-c1cccc(COCc2ncnn2C)c1. The Kier molecular flexibility index (Phi) is 5.18. The lowest BCUT2D eigenvalue weighted by Crippen LogP contribution is -2.03. The number of fused-ring (bicyclic) bond motifs is 1. The normalized spacial score (nSPS) is 12.5. The van der Waals surface area contributed by atoms with Crippen LogP contribution in [0, 0.1) is 0 Å². The van der Waals surface area contributed by atoms with Gasteiger partial charge in [0.05, 0.1) is 23.7 Å². The van der Waals surface area contributed by atoms with Crippen molar-refractivity contribution in [2.75, 3.05) is 7.11 Å². The Labute approximate surface area is 163 Å². The van der Waals surface area contributed by atoms with E-state index in [4.69, 9.17) is 9.47 Å². The number of hydrogen-bond acceptors (Lipinski definition) is 5. The van der Waals surface area contributed by atoms with Crippen LogP contribution < -0.4 is 0 Å². The molecule has 28 heavy (non-hydrogen) atoms. The molecule has 2 aromatic heterocycles. The maximum absolute atomic E-state index is 5.80. The molecule has 0 saturated heterocycles. The molecule has 0 N–H and O–H groups in total. The average molecular weight is 377 g/mol. The summed E-state index contributed by atoms with van der Waals surface area (Å²) in [5, 5.41) is 4.05. The summed E-state index contributed by atoms with van der Waals surface area (Å²) in [6, 6.07) is 14.5. The first kappa shape index (κ1) is 18.3. The minimum Gasteiger partial charge on any atom is -0.377 e. The minimum absolute atomic E-state index is 0.0453. The monoisotopic (exact) mass is 377 g/mol. The first-order chi connectivity index (χ1) is 13.7. The zero-order valence-electron chi connectivity index (χ0n) is 16.2. The van der Waals surface area contributed by atoms with Crippen LogP contribution in [0.4, 0.5) is 0 Å². The molecule has 0 radical (unpaired) electrons. The fourth-order valence-corrected chi connectivity index (χ4v) is 3.13. The van der Waals surface area contributed by atoms with Crippen LogP contribution in [-0.4, -0.2) is 31.4 Å². The number of benzene rings is 2. The Hall–Kier alpha value is -3.03. The van der Waals surface area contributed by atoms with Gasteiger partial charge >= 0.3 is 0 Å². The summed E-state index contributed by atoms with van der Waals surface area (Å²) in [4.78, 5) is 8.74. The highest BCUT2D eigenvalue weighted by Crippen LogP contribution is 2.24. The number of imidazole rings is 1. The molecular formula is C21H23N5O2. The third-order valence-corrected chi connectivity index (χ3v) is 4.89. The Bertz CT molecular complexity index is 1090. The van der Waals surface area contributed by atoms with E-state index in [2.05, 4.69) is 56.0 Å². The highest BCUT2D eigenvalue weighted by molar-refractivity contribution is 5.78. The molecular weight excluding hydrogens is 354 g/mol. The van der Waals surface area contributed by atoms with Gasteiger partial charge in [-0.3, -0.25) is 9.25 Å². The van der Waals surface area contributed by atoms with Crippen LogP contribution in [-0.2, 0) is 29.7 Å². The van der Waals surface area contributed by atoms with Gasteiger partial charge in [0.25, 0.3) is 0 Å². The summed E-state index contributed by atoms with van der Waals surface area (Å²) < 4.78 is 15.0. The molecule has 0 bridgehead atoms. The van der Waals surface area contributed by atoms with Gasteiger partial charge in [0.1, 0.15) is 19.3 Å². The van der Waals surface area contributed by atoms with Gasteiger partial charge in [-0.05, 0) is 42.3 Å². The predicted octanol–water partition coefficient (Wildman–Crippen LogP) is 3.58. The zero-order chi connectivity index (χ0) is 19.5. The molecule has 4 rings (SSSR count). The summed E-state index contributed by atoms with van der Waals surface area (Å²) >= 11 is 0. The summed E-state index contributed by atoms with van der Waals surface area (Å²) in [7, 11) is 3.57. The number of aryl methyl sites for hydroxylation is 1. The van der Waals surface area contributed by atoms with E-state index in [0.717, 1.165) is 33.7 Å². The Morgan fingerprint density at radius 3 is 2.75 bits per heavy atom. The van der Waals surface area contributed by atoms with Crippen LogP contribution in [0.3, 0.4) is 0 Å². The molecule has 2 heterocycles. The van der Waals surface area contributed by atoms with Crippen molar-refractivity contribution in [2.24, 2.45) is 7.05 Å². The third-order valence-electron chi connectivity index (χ3n) is 4.89. The average Bonchev–Trinajstić information content (AvgIpc) is 3.33. The smallest absolute Gasteiger partial charge is 0.152 e. The van der Waals surface area contributed by atoms with Crippen LogP contribution in [0.15, 0.2) is 55.1 Å². The second-order valence-corrected chi connectivity index (χ2v) is 6.70. The molecule has 7 heteroatoms. The topological polar surface area (TPSA) is 67.0 Å². The van der Waals surface area contributed by atoms with Gasteiger partial charge in [-0.2, -0.15) is 5.10 Å². The number of rotatable bonds is 7. The third kappa shape index (κ3) is 3.67. The summed E-state index contributed by atoms with van der Waals surface area (Å²) in [5.41, 5.74) is 5.27. The highest BCUT2D eigenvalue weighted by Gasteiger charge is 2.10. The van der Waals surface area contributed by atoms with Gasteiger partial charge < -0.3 is 9.47 Å². The first-order valence-corrected chi connectivity index (χ1v) is 9.15. The van der Waals surface area contributed by atoms with Gasteiger partial charge in [-0.15, -0.1) is 0 Å². The minimum atomic E-state index is 0.0453. The fraction of sp³-hybridized carbons (Fsp3) is 0.286. The molecule has 0 fully saturated rings. The van der Waals surface area contributed by atoms with Crippen LogP contribution in [0.1, 0.15) is 30.0 Å². The van der Waals surface area contributed by atoms with E-state index < -0.39 is 0 Å². The highest BCUT2D eigenvalue weighted by atomic mass is 16.5. The van der Waals surface area contributed by atoms with Gasteiger partial charge in [0, 0.05) is 19.8 Å². The molecule has 0 aliphatic heterocycles. The maximum Gasteiger partial charge on any atom is 0.152 e. The second-order valence-electron chi connectivity index (χ2n) is 6.70. The lowest BCUT2D eigenvalue weighted by atomic mass is 10.1. The van der Waals surface area contributed by atoms with E-state index >= 15 is 0 Å². The first-order valence-electron chi connectivity index (χ1n) is 9.15. The maximum atomic E-state index is 5.80. The Morgan fingerprint density at radius 2 is 1.96 bits per heavy atom. The molecule has 144 valence electrons. The molecule has 4 aromatic rings. The Morgan fingerprint density at radius 1 is 1.07 bits per heavy atom. The molecule has 0 spiro atoms. The largest absolute Gasteiger partial charge is 0.377 e. The fourth-order valence-electron chi connectivity index (χ4n) is 3.13. The van der Waals surface area contributed by atoms with Crippen LogP contribution >= 0.6 is 0 Å². The lowest BCUT2D eigenvalue weighted by molar-refractivity contribution is 0.0993. The van der Waals surface area contributed by atoms with E-state index in [1.54, 1.807) is 11.8 Å². The van der Waals surface area contributed by atoms with Crippen LogP contribution in [0.2, 0.25) is 0 Å². The number of nitrogens with zero attached hydrogens (tertiary/aromatic N) is 5. The molecule has 7 nitrogen and oxygen atoms in total. The van der Waals surface area contributed by atoms with Crippen molar-refractivity contribution >= 4 is 11.0 Å². The van der Waals surface area contributed by atoms with E-state index in [-0.39, 0.29) is 6.10 Å². The van der Waals surface area contributed by atoms with Crippen molar-refractivity contribution in [1.29, 1.82) is 0 Å². The van der Waals surface area contributed by atoms with Gasteiger partial charge in [-0.1, -0.05) is 18.2 Å². The number of hydrogen-bond donors (Lipinski definition) is 0. The van der Waals surface area contributed by atoms with E-state index in [9.17, 15) is 0 Å². The number of ether oxygens (including phenoxy) is 2. The molecule has 2 aromatic carbocycles. The standard InChI is InChI=1S/C21H23N5O2/c1-15(27-3)17-7-8-20-19(10-17)23-14-26(20)18-6-4-5-16(9-18)11-28-12-21-22-13-24-25(21)2/h4-10,13-15H,11-12H2,1-3H3. The van der Waals surface area contributed by atoms with Gasteiger partial charge in [0.15, 0.2) is 5.82 Å². The molecule has 0 amide bonds. The van der Waals surface area contributed by atoms with Crippen molar-refractivity contribution in [1.82, 2.24) is 24.3 Å². The van der Waals surface area contributed by atoms with Gasteiger partial charge in [-0.25, -0.2) is 9.97 Å². The molecule has 0 aliphatic carbocycles. The molecule has 0 saturated carbocycles. The van der Waals surface area contributed by atoms with Gasteiger partial charge in [0.2, 0.25) is 0 Å². The predicted molar refractivity (Wildman–Crippen MR) is 106 cm³/mol. The summed E-state index contributed by atoms with van der Waals surface area (Å²) in [5.74, 6) is 0.804. The van der Waals surface area contributed by atoms with Crippen molar-refractivity contribution in [3.63, 3.8) is 0 Å². The van der Waals surface area contributed by atoms with Crippen molar-refractivity contribution < 1.29 is 9.47 Å². The van der Waals surface area contributed by atoms with E-state index in [1.807, 2.05) is 26.4 Å². The Balaban J connectivity index is 1.53. The number of methoxy groups -OCH3 is 1. The van der Waals surface area contributed by atoms with E-state index in [0.29, 0.717) is 13.2 Å². The summed E-state index contributed by atoms with van der Waals surface area (Å²) in [6.07, 6.45) is 3.43. The van der Waals surface area contributed by atoms with Crippen LogP contribution in [0.25, 0.3) is 16.7 Å². The molecule has 0 aliphatic rings. The second kappa shape index (κ2) is 7.92. The quantitative estimate of drug-likeness (QED) is 0.492. The van der Waals surface area contributed by atoms with Crippen molar-refractivity contribution in [2.45, 2.75) is 26.2 Å². The van der Waals surface area contributed by atoms with Crippen molar-refractivity contribution in [3.8, 4) is 5.69 Å². The van der Waals surface area contributed by atoms with E-state index in [1.165, 1.54) is 6.33 Å². The zero-order valence-corrected chi connectivity index (χ0v) is 16.2. The number of aromatic nitrogens is 5. The van der Waals surface area contributed by atoms with Crippen LogP contribution in [0.5, 0.6) is 0 Å². The molecule has 1 atom stereocenters. The molecule has 1 unspecified atom stereocenters. The summed E-state index contributed by atoms with van der Waals surface area (Å²) in [6.45, 7) is 2.96. The van der Waals surface area contributed by atoms with Crippen molar-refractivity contribution in [3.05, 3.63) is 72.1 Å².